The number of rotatable bonds is 4. The normalized spacial score (nSPS) is 12.2. The van der Waals surface area contributed by atoms with E-state index < -0.39 is 0 Å². The molecular formula is C15H16ClNO2. The van der Waals surface area contributed by atoms with Gasteiger partial charge in [0.2, 0.25) is 0 Å². The average molecular weight is 278 g/mol. The second kappa shape index (κ2) is 6.06. The van der Waals surface area contributed by atoms with Gasteiger partial charge in [-0.25, -0.2) is 0 Å². The number of benzene rings is 2. The molecule has 19 heavy (non-hydrogen) atoms. The lowest BCUT2D eigenvalue weighted by Crippen LogP contribution is -2.04. The lowest BCUT2D eigenvalue weighted by molar-refractivity contribution is 0.276. The molecule has 0 spiro atoms. The Balaban J connectivity index is 2.28. The van der Waals surface area contributed by atoms with E-state index in [2.05, 4.69) is 0 Å². The molecule has 4 heteroatoms. The topological polar surface area (TPSA) is 55.5 Å². The number of hydrogen-bond acceptors (Lipinski definition) is 3. The standard InChI is InChI=1S/C15H16ClNO2/c1-10(17)11-6-7-15(13(16)8-11)19-14-5-3-2-4-12(14)9-18/h2-8,10,18H,9,17H2,1H3. The Labute approximate surface area is 117 Å². The summed E-state index contributed by atoms with van der Waals surface area (Å²) in [7, 11) is 0. The van der Waals surface area contributed by atoms with E-state index in [1.165, 1.54) is 0 Å². The largest absolute Gasteiger partial charge is 0.455 e. The molecule has 1 atom stereocenters. The van der Waals surface area contributed by atoms with Crippen molar-refractivity contribution in [2.45, 2.75) is 19.6 Å². The highest BCUT2D eigenvalue weighted by atomic mass is 35.5. The van der Waals surface area contributed by atoms with Crippen molar-refractivity contribution >= 4 is 11.6 Å². The Kier molecular flexibility index (Phi) is 4.43. The van der Waals surface area contributed by atoms with Crippen LogP contribution in [0.5, 0.6) is 11.5 Å². The molecule has 2 aromatic carbocycles. The number of nitrogens with two attached hydrogens (primary N) is 1. The van der Waals surface area contributed by atoms with E-state index in [-0.39, 0.29) is 12.6 Å². The third-order valence-electron chi connectivity index (χ3n) is 2.84. The Morgan fingerprint density at radius 3 is 2.58 bits per heavy atom. The van der Waals surface area contributed by atoms with Crippen LogP contribution in [0.15, 0.2) is 42.5 Å². The van der Waals surface area contributed by atoms with Crippen LogP contribution in [0.4, 0.5) is 0 Å². The van der Waals surface area contributed by atoms with Crippen molar-refractivity contribution < 1.29 is 9.84 Å². The molecule has 0 amide bonds. The number of hydrogen-bond donors (Lipinski definition) is 2. The zero-order valence-corrected chi connectivity index (χ0v) is 11.4. The molecule has 100 valence electrons. The predicted octanol–water partition coefficient (Wildman–Crippen LogP) is 3.64. The summed E-state index contributed by atoms with van der Waals surface area (Å²) >= 11 is 6.18. The fourth-order valence-corrected chi connectivity index (χ4v) is 1.96. The highest BCUT2D eigenvalue weighted by Crippen LogP contribution is 2.32. The van der Waals surface area contributed by atoms with Crippen LogP contribution in [0.1, 0.15) is 24.1 Å². The summed E-state index contributed by atoms with van der Waals surface area (Å²) in [6.45, 7) is 1.82. The van der Waals surface area contributed by atoms with E-state index in [9.17, 15) is 5.11 Å². The molecule has 0 aliphatic heterocycles. The van der Waals surface area contributed by atoms with Gasteiger partial charge in [-0.15, -0.1) is 0 Å². The van der Waals surface area contributed by atoms with E-state index >= 15 is 0 Å². The fraction of sp³-hybridized carbons (Fsp3) is 0.200. The first-order valence-electron chi connectivity index (χ1n) is 6.03. The lowest BCUT2D eigenvalue weighted by Gasteiger charge is -2.12. The molecule has 2 rings (SSSR count). The fourth-order valence-electron chi connectivity index (χ4n) is 1.74. The van der Waals surface area contributed by atoms with Gasteiger partial charge in [-0.3, -0.25) is 0 Å². The number of halogens is 1. The monoisotopic (exact) mass is 277 g/mol. The smallest absolute Gasteiger partial charge is 0.146 e. The molecular weight excluding hydrogens is 262 g/mol. The van der Waals surface area contributed by atoms with E-state index in [1.54, 1.807) is 24.3 Å². The Bertz CT molecular complexity index is 570. The van der Waals surface area contributed by atoms with E-state index in [4.69, 9.17) is 22.1 Å². The van der Waals surface area contributed by atoms with Gasteiger partial charge in [0.15, 0.2) is 0 Å². The summed E-state index contributed by atoms with van der Waals surface area (Å²) in [6.07, 6.45) is 0. The van der Waals surface area contributed by atoms with E-state index in [0.717, 1.165) is 11.1 Å². The molecule has 1 unspecified atom stereocenters. The van der Waals surface area contributed by atoms with E-state index in [0.29, 0.717) is 16.5 Å². The Hall–Kier alpha value is -1.55. The van der Waals surface area contributed by atoms with Gasteiger partial charge in [0, 0.05) is 11.6 Å². The summed E-state index contributed by atoms with van der Waals surface area (Å²) in [6, 6.07) is 12.7. The molecule has 0 aliphatic carbocycles. The minimum atomic E-state index is -0.0777. The van der Waals surface area contributed by atoms with Crippen LogP contribution in [0, 0.1) is 0 Å². The second-order valence-electron chi connectivity index (χ2n) is 4.35. The highest BCUT2D eigenvalue weighted by Gasteiger charge is 2.09. The van der Waals surface area contributed by atoms with Crippen LogP contribution in [0.2, 0.25) is 5.02 Å². The van der Waals surface area contributed by atoms with Crippen LogP contribution in [0.25, 0.3) is 0 Å². The van der Waals surface area contributed by atoms with Gasteiger partial charge in [0.05, 0.1) is 11.6 Å². The summed E-state index contributed by atoms with van der Waals surface area (Å²) in [5.41, 5.74) is 7.47. The Morgan fingerprint density at radius 1 is 1.21 bits per heavy atom. The molecule has 2 aromatic rings. The van der Waals surface area contributed by atoms with Crippen molar-refractivity contribution in [3.8, 4) is 11.5 Å². The molecule has 0 fully saturated rings. The SMILES string of the molecule is CC(N)c1ccc(Oc2ccccc2CO)c(Cl)c1. The molecule has 0 radical (unpaired) electrons. The molecule has 0 saturated heterocycles. The molecule has 3 nitrogen and oxygen atoms in total. The number of aliphatic hydroxyl groups excluding tert-OH is 1. The van der Waals surface area contributed by atoms with Crippen molar-refractivity contribution in [3.63, 3.8) is 0 Å². The number of para-hydroxylation sites is 1. The second-order valence-corrected chi connectivity index (χ2v) is 4.75. The van der Waals surface area contributed by atoms with Gasteiger partial charge in [-0.2, -0.15) is 0 Å². The summed E-state index contributed by atoms with van der Waals surface area (Å²) in [4.78, 5) is 0. The first kappa shape index (κ1) is 13.9. The molecule has 0 saturated carbocycles. The van der Waals surface area contributed by atoms with E-state index in [1.807, 2.05) is 25.1 Å². The minimum Gasteiger partial charge on any atom is -0.455 e. The van der Waals surface area contributed by atoms with Gasteiger partial charge in [0.25, 0.3) is 0 Å². The first-order chi connectivity index (χ1) is 9.11. The van der Waals surface area contributed by atoms with Crippen molar-refractivity contribution in [3.05, 3.63) is 58.6 Å². The van der Waals surface area contributed by atoms with Crippen LogP contribution >= 0.6 is 11.6 Å². The van der Waals surface area contributed by atoms with Crippen molar-refractivity contribution in [2.75, 3.05) is 0 Å². The van der Waals surface area contributed by atoms with Crippen molar-refractivity contribution in [2.24, 2.45) is 5.73 Å². The summed E-state index contributed by atoms with van der Waals surface area (Å²) in [5, 5.41) is 9.76. The van der Waals surface area contributed by atoms with Gasteiger partial charge in [-0.05, 0) is 30.7 Å². The zero-order chi connectivity index (χ0) is 13.8. The average Bonchev–Trinajstić information content (AvgIpc) is 2.41. The van der Waals surface area contributed by atoms with Gasteiger partial charge >= 0.3 is 0 Å². The first-order valence-corrected chi connectivity index (χ1v) is 6.41. The van der Waals surface area contributed by atoms with Gasteiger partial charge < -0.3 is 15.6 Å². The zero-order valence-electron chi connectivity index (χ0n) is 10.6. The quantitative estimate of drug-likeness (QED) is 0.897. The van der Waals surface area contributed by atoms with Crippen LogP contribution in [-0.2, 0) is 6.61 Å². The maximum Gasteiger partial charge on any atom is 0.146 e. The molecule has 0 heterocycles. The molecule has 0 aliphatic rings. The lowest BCUT2D eigenvalue weighted by atomic mass is 10.1. The van der Waals surface area contributed by atoms with Crippen molar-refractivity contribution in [1.82, 2.24) is 0 Å². The number of ether oxygens (including phenoxy) is 1. The maximum atomic E-state index is 9.25. The van der Waals surface area contributed by atoms with Crippen molar-refractivity contribution in [1.29, 1.82) is 0 Å². The third kappa shape index (κ3) is 3.26. The van der Waals surface area contributed by atoms with Gasteiger partial charge in [0.1, 0.15) is 11.5 Å². The maximum absolute atomic E-state index is 9.25. The minimum absolute atomic E-state index is 0.0729. The Morgan fingerprint density at radius 2 is 1.95 bits per heavy atom. The highest BCUT2D eigenvalue weighted by molar-refractivity contribution is 6.32. The van der Waals surface area contributed by atoms with Crippen LogP contribution in [-0.4, -0.2) is 5.11 Å². The van der Waals surface area contributed by atoms with Gasteiger partial charge in [-0.1, -0.05) is 35.9 Å². The molecule has 0 aromatic heterocycles. The van der Waals surface area contributed by atoms with Crippen LogP contribution in [0.3, 0.4) is 0 Å². The van der Waals surface area contributed by atoms with Crippen LogP contribution < -0.4 is 10.5 Å². The summed E-state index contributed by atoms with van der Waals surface area (Å²) < 4.78 is 5.73. The summed E-state index contributed by atoms with van der Waals surface area (Å²) in [5.74, 6) is 1.15. The molecule has 3 N–H and O–H groups in total. The third-order valence-corrected chi connectivity index (χ3v) is 3.14. The molecule has 0 bridgehead atoms. The predicted molar refractivity (Wildman–Crippen MR) is 76.5 cm³/mol. The number of aliphatic hydroxyl groups is 1.